The number of nitrogens with zero attached hydrogens (tertiary/aromatic N) is 4. The van der Waals surface area contributed by atoms with E-state index in [4.69, 9.17) is 10.6 Å². The Morgan fingerprint density at radius 2 is 2.04 bits per heavy atom. The zero-order valence-corrected chi connectivity index (χ0v) is 15.2. The molecule has 4 rings (SSSR count). The summed E-state index contributed by atoms with van der Waals surface area (Å²) in [7, 11) is 0. The molecule has 1 aromatic carbocycles. The Labute approximate surface area is 158 Å². The Bertz CT molecular complexity index is 1130. The second kappa shape index (κ2) is 7.00. The molecular weight excluding hydrogens is 362 g/mol. The van der Waals surface area contributed by atoms with Crippen LogP contribution in [0.2, 0.25) is 0 Å². The Balaban J connectivity index is 1.65. The molecule has 3 aromatic heterocycles. The number of benzene rings is 1. The highest BCUT2D eigenvalue weighted by Crippen LogP contribution is 2.21. The standard InChI is InChI=1S/C19H15N5O2S/c1-12-4-6-13(7-5-12)15-8-9-21-18-14(11-22-24(15)18)19(25)26-23-17(20)16-3-2-10-27-16/h2-11H,1H3,(H2,20,23). The van der Waals surface area contributed by atoms with Crippen LogP contribution in [0.3, 0.4) is 0 Å². The van der Waals surface area contributed by atoms with E-state index in [9.17, 15) is 4.79 Å². The number of nitrogens with two attached hydrogens (primary N) is 1. The Kier molecular flexibility index (Phi) is 4.39. The molecule has 0 aliphatic rings. The van der Waals surface area contributed by atoms with E-state index in [1.807, 2.05) is 48.7 Å². The smallest absolute Gasteiger partial charge is 0.371 e. The molecule has 8 heteroatoms. The van der Waals surface area contributed by atoms with Gasteiger partial charge in [0.1, 0.15) is 5.56 Å². The van der Waals surface area contributed by atoms with E-state index < -0.39 is 5.97 Å². The van der Waals surface area contributed by atoms with Crippen LogP contribution in [0, 0.1) is 6.92 Å². The van der Waals surface area contributed by atoms with E-state index in [1.165, 1.54) is 17.5 Å². The van der Waals surface area contributed by atoms with Crippen molar-refractivity contribution < 1.29 is 9.63 Å². The van der Waals surface area contributed by atoms with Crippen LogP contribution in [0.15, 0.2) is 65.4 Å². The number of fused-ring (bicyclic) bond motifs is 1. The van der Waals surface area contributed by atoms with Gasteiger partial charge in [-0.2, -0.15) is 5.10 Å². The molecule has 0 aliphatic heterocycles. The number of rotatable bonds is 4. The largest absolute Gasteiger partial charge is 0.380 e. The number of hydrogen-bond donors (Lipinski definition) is 1. The first-order valence-corrected chi connectivity index (χ1v) is 9.00. The molecule has 0 fully saturated rings. The zero-order valence-electron chi connectivity index (χ0n) is 14.4. The lowest BCUT2D eigenvalue weighted by Gasteiger charge is -2.05. The fraction of sp³-hybridized carbons (Fsp3) is 0.0526. The summed E-state index contributed by atoms with van der Waals surface area (Å²) in [5.41, 5.74) is 9.37. The van der Waals surface area contributed by atoms with Crippen molar-refractivity contribution in [3.63, 3.8) is 0 Å². The van der Waals surface area contributed by atoms with Crippen molar-refractivity contribution in [2.24, 2.45) is 10.9 Å². The molecule has 0 amide bonds. The van der Waals surface area contributed by atoms with Crippen molar-refractivity contribution in [1.82, 2.24) is 14.6 Å². The molecule has 0 spiro atoms. The number of carbonyl (C=O) groups excluding carboxylic acids is 1. The highest BCUT2D eigenvalue weighted by atomic mass is 32.1. The molecular formula is C19H15N5O2S. The minimum Gasteiger partial charge on any atom is -0.380 e. The molecule has 2 N–H and O–H groups in total. The van der Waals surface area contributed by atoms with Gasteiger partial charge in [0.15, 0.2) is 11.5 Å². The summed E-state index contributed by atoms with van der Waals surface area (Å²) in [6.45, 7) is 2.02. The van der Waals surface area contributed by atoms with E-state index >= 15 is 0 Å². The van der Waals surface area contributed by atoms with Crippen LogP contribution in [0.5, 0.6) is 0 Å². The van der Waals surface area contributed by atoms with Gasteiger partial charge in [0.05, 0.1) is 16.8 Å². The van der Waals surface area contributed by atoms with Crippen LogP contribution in [-0.4, -0.2) is 26.4 Å². The summed E-state index contributed by atoms with van der Waals surface area (Å²) in [6.07, 6.45) is 3.05. The van der Waals surface area contributed by atoms with Crippen molar-refractivity contribution in [1.29, 1.82) is 0 Å². The summed E-state index contributed by atoms with van der Waals surface area (Å²) in [4.78, 5) is 22.4. The number of aromatic nitrogens is 3. The van der Waals surface area contributed by atoms with Gasteiger partial charge in [0.2, 0.25) is 0 Å². The molecule has 3 heterocycles. The zero-order chi connectivity index (χ0) is 18.8. The highest BCUT2D eigenvalue weighted by Gasteiger charge is 2.18. The molecule has 134 valence electrons. The van der Waals surface area contributed by atoms with E-state index in [0.717, 1.165) is 21.7 Å². The van der Waals surface area contributed by atoms with Gasteiger partial charge in [0.25, 0.3) is 0 Å². The second-order valence-electron chi connectivity index (χ2n) is 5.82. The number of carbonyl (C=O) groups is 1. The van der Waals surface area contributed by atoms with Crippen molar-refractivity contribution in [3.05, 3.63) is 76.2 Å². The molecule has 0 unspecified atom stereocenters. The van der Waals surface area contributed by atoms with Crippen LogP contribution in [0.4, 0.5) is 0 Å². The predicted molar refractivity (Wildman–Crippen MR) is 104 cm³/mol. The lowest BCUT2D eigenvalue weighted by molar-refractivity contribution is 0.0518. The third-order valence-electron chi connectivity index (χ3n) is 3.97. The average Bonchev–Trinajstić information content (AvgIpc) is 3.36. The Hall–Kier alpha value is -3.52. The Morgan fingerprint density at radius 3 is 2.78 bits per heavy atom. The minimum atomic E-state index is -0.668. The summed E-state index contributed by atoms with van der Waals surface area (Å²) in [6, 6.07) is 13.5. The molecule has 27 heavy (non-hydrogen) atoms. The summed E-state index contributed by atoms with van der Waals surface area (Å²) < 4.78 is 1.60. The summed E-state index contributed by atoms with van der Waals surface area (Å²) in [5, 5.41) is 9.86. The topological polar surface area (TPSA) is 94.9 Å². The average molecular weight is 377 g/mol. The first-order chi connectivity index (χ1) is 13.1. The molecule has 0 atom stereocenters. The van der Waals surface area contributed by atoms with E-state index in [0.29, 0.717) is 5.65 Å². The maximum Gasteiger partial charge on any atom is 0.371 e. The fourth-order valence-electron chi connectivity index (χ4n) is 2.59. The molecule has 0 bridgehead atoms. The van der Waals surface area contributed by atoms with E-state index in [1.54, 1.807) is 16.8 Å². The third-order valence-corrected chi connectivity index (χ3v) is 4.86. The monoisotopic (exact) mass is 377 g/mol. The number of amidine groups is 1. The molecule has 0 radical (unpaired) electrons. The van der Waals surface area contributed by atoms with Crippen LogP contribution in [0.1, 0.15) is 20.8 Å². The SMILES string of the molecule is Cc1ccc(-c2ccnc3c(C(=O)O/N=C(\N)c4cccs4)cnn23)cc1. The maximum absolute atomic E-state index is 12.4. The van der Waals surface area contributed by atoms with Crippen molar-refractivity contribution >= 4 is 28.8 Å². The van der Waals surface area contributed by atoms with Gasteiger partial charge in [-0.15, -0.1) is 11.3 Å². The van der Waals surface area contributed by atoms with Crippen LogP contribution in [0.25, 0.3) is 16.9 Å². The van der Waals surface area contributed by atoms with Crippen LogP contribution >= 0.6 is 11.3 Å². The highest BCUT2D eigenvalue weighted by molar-refractivity contribution is 7.12. The first kappa shape index (κ1) is 16.9. The number of thiophene rings is 1. The van der Waals surface area contributed by atoms with Crippen molar-refractivity contribution in [2.45, 2.75) is 6.92 Å². The third kappa shape index (κ3) is 3.30. The van der Waals surface area contributed by atoms with Gasteiger partial charge >= 0.3 is 5.97 Å². The Morgan fingerprint density at radius 1 is 1.22 bits per heavy atom. The normalized spacial score (nSPS) is 11.7. The lowest BCUT2D eigenvalue weighted by atomic mass is 10.1. The maximum atomic E-state index is 12.4. The predicted octanol–water partition coefficient (Wildman–Crippen LogP) is 3.24. The summed E-state index contributed by atoms with van der Waals surface area (Å²) in [5.74, 6) is -0.527. The van der Waals surface area contributed by atoms with Gasteiger partial charge in [-0.05, 0) is 24.4 Å². The molecule has 4 aromatic rings. The second-order valence-corrected chi connectivity index (χ2v) is 6.77. The number of aryl methyl sites for hydroxylation is 1. The molecule has 7 nitrogen and oxygen atoms in total. The van der Waals surface area contributed by atoms with Crippen molar-refractivity contribution in [2.75, 3.05) is 0 Å². The fourth-order valence-corrected chi connectivity index (χ4v) is 3.21. The summed E-state index contributed by atoms with van der Waals surface area (Å²) >= 11 is 1.41. The lowest BCUT2D eigenvalue weighted by Crippen LogP contribution is -2.13. The van der Waals surface area contributed by atoms with Crippen LogP contribution in [-0.2, 0) is 4.84 Å². The first-order valence-electron chi connectivity index (χ1n) is 8.12. The number of hydrogen-bond acceptors (Lipinski definition) is 6. The minimum absolute atomic E-state index is 0.142. The molecule has 0 saturated carbocycles. The van der Waals surface area contributed by atoms with Crippen LogP contribution < -0.4 is 5.73 Å². The van der Waals surface area contributed by atoms with Gasteiger partial charge in [-0.3, -0.25) is 0 Å². The van der Waals surface area contributed by atoms with Gasteiger partial charge in [-0.1, -0.05) is 41.1 Å². The van der Waals surface area contributed by atoms with Gasteiger partial charge < -0.3 is 10.6 Å². The van der Waals surface area contributed by atoms with Gasteiger partial charge in [-0.25, -0.2) is 14.3 Å². The molecule has 0 aliphatic carbocycles. The van der Waals surface area contributed by atoms with Gasteiger partial charge in [0, 0.05) is 11.8 Å². The van der Waals surface area contributed by atoms with Crippen molar-refractivity contribution in [3.8, 4) is 11.3 Å². The van der Waals surface area contributed by atoms with E-state index in [2.05, 4.69) is 15.2 Å². The number of oxime groups is 1. The molecule has 0 saturated heterocycles. The van der Waals surface area contributed by atoms with E-state index in [-0.39, 0.29) is 11.4 Å². The quantitative estimate of drug-likeness (QED) is 0.255.